The molecular formula is C15H23N3O3S. The smallest absolute Gasteiger partial charge is 0.256 e. The van der Waals surface area contributed by atoms with Gasteiger partial charge in [0.25, 0.3) is 5.91 Å². The number of likely N-dealkylation sites (N-methyl/N-ethyl adjacent to an activating group) is 1. The van der Waals surface area contributed by atoms with E-state index in [4.69, 9.17) is 4.99 Å². The van der Waals surface area contributed by atoms with Crippen molar-refractivity contribution in [3.63, 3.8) is 0 Å². The lowest BCUT2D eigenvalue weighted by atomic mass is 9.85. The van der Waals surface area contributed by atoms with E-state index >= 15 is 0 Å². The zero-order chi connectivity index (χ0) is 15.7. The zero-order valence-electron chi connectivity index (χ0n) is 13.2. The molecule has 0 aromatic heterocycles. The van der Waals surface area contributed by atoms with Crippen molar-refractivity contribution in [2.75, 3.05) is 19.6 Å². The van der Waals surface area contributed by atoms with Crippen LogP contribution in [0.1, 0.15) is 39.5 Å². The summed E-state index contributed by atoms with van der Waals surface area (Å²) in [4.78, 5) is 19.4. The molecule has 0 radical (unpaired) electrons. The number of carbonyl (C=O) groups excluding carboxylic acids is 1. The topological polar surface area (TPSA) is 70.1 Å². The fourth-order valence-corrected chi connectivity index (χ4v) is 6.52. The summed E-state index contributed by atoms with van der Waals surface area (Å²) in [5.74, 6) is 1.22. The van der Waals surface area contributed by atoms with Crippen molar-refractivity contribution >= 4 is 21.8 Å². The van der Waals surface area contributed by atoms with Crippen LogP contribution in [0.4, 0.5) is 0 Å². The average Bonchev–Trinajstić information content (AvgIpc) is 3.08. The number of carbonyl (C=O) groups is 1. The van der Waals surface area contributed by atoms with Crippen LogP contribution in [-0.4, -0.2) is 59.8 Å². The normalized spacial score (nSPS) is 38.9. The molecule has 3 atom stereocenters. The van der Waals surface area contributed by atoms with E-state index in [1.807, 2.05) is 13.8 Å². The second kappa shape index (κ2) is 4.54. The minimum Gasteiger partial charge on any atom is -0.299 e. The Balaban J connectivity index is 1.63. The van der Waals surface area contributed by atoms with Gasteiger partial charge in [0.1, 0.15) is 11.4 Å². The van der Waals surface area contributed by atoms with Crippen LogP contribution in [-0.2, 0) is 14.8 Å². The summed E-state index contributed by atoms with van der Waals surface area (Å²) in [7, 11) is -3.14. The highest BCUT2D eigenvalue weighted by molar-refractivity contribution is 7.90. The fraction of sp³-hybridized carbons (Fsp3) is 0.867. The molecule has 2 saturated carbocycles. The first-order valence-electron chi connectivity index (χ1n) is 8.27. The molecule has 4 aliphatic rings. The van der Waals surface area contributed by atoms with Crippen LogP contribution < -0.4 is 0 Å². The van der Waals surface area contributed by atoms with E-state index in [0.29, 0.717) is 19.6 Å². The van der Waals surface area contributed by atoms with Gasteiger partial charge >= 0.3 is 0 Å². The van der Waals surface area contributed by atoms with Gasteiger partial charge in [0.05, 0.1) is 5.25 Å². The molecule has 0 aromatic rings. The number of fused-ring (bicyclic) bond motifs is 2. The van der Waals surface area contributed by atoms with E-state index in [1.165, 1.54) is 0 Å². The molecule has 0 bridgehead atoms. The number of amides is 1. The number of rotatable bonds is 3. The quantitative estimate of drug-likeness (QED) is 0.772. The summed E-state index contributed by atoms with van der Waals surface area (Å²) in [6.07, 6.45) is 3.26. The third kappa shape index (κ3) is 1.78. The highest BCUT2D eigenvalue weighted by atomic mass is 32.2. The number of hydrogen-bond donors (Lipinski definition) is 0. The molecule has 1 saturated heterocycles. The van der Waals surface area contributed by atoms with E-state index in [1.54, 1.807) is 9.21 Å². The van der Waals surface area contributed by atoms with Crippen LogP contribution in [0.3, 0.4) is 0 Å². The van der Waals surface area contributed by atoms with Crippen LogP contribution in [0, 0.1) is 11.8 Å². The second-order valence-corrected chi connectivity index (χ2v) is 9.31. The standard InChI is InChI=1S/C15H23N3O3S/c1-3-18-10(2)16-15(14(18)19)7-6-11-8-17(9-13(11)15)22(20,21)12-4-5-12/h11-13H,3-9H2,1-2H3/t11-,13+,15-/m1/s1. The van der Waals surface area contributed by atoms with Gasteiger partial charge < -0.3 is 0 Å². The van der Waals surface area contributed by atoms with Crippen molar-refractivity contribution in [3.05, 3.63) is 0 Å². The monoisotopic (exact) mass is 325 g/mol. The summed E-state index contributed by atoms with van der Waals surface area (Å²) in [6.45, 7) is 5.54. The highest BCUT2D eigenvalue weighted by Gasteiger charge is 2.62. The minimum atomic E-state index is -3.14. The van der Waals surface area contributed by atoms with Crippen LogP contribution >= 0.6 is 0 Å². The van der Waals surface area contributed by atoms with Crippen molar-refractivity contribution in [1.82, 2.24) is 9.21 Å². The molecule has 122 valence electrons. The van der Waals surface area contributed by atoms with Gasteiger partial charge in [0, 0.05) is 25.6 Å². The Hall–Kier alpha value is -0.950. The molecule has 1 spiro atoms. The number of sulfonamides is 1. The molecule has 3 fully saturated rings. The second-order valence-electron chi connectivity index (χ2n) is 7.10. The number of hydrogen-bond acceptors (Lipinski definition) is 4. The fourth-order valence-electron chi connectivity index (χ4n) is 4.59. The number of amidine groups is 1. The predicted octanol–water partition coefficient (Wildman–Crippen LogP) is 0.840. The van der Waals surface area contributed by atoms with Gasteiger partial charge in [0.2, 0.25) is 10.0 Å². The van der Waals surface area contributed by atoms with Crippen LogP contribution in [0.5, 0.6) is 0 Å². The lowest BCUT2D eigenvalue weighted by Crippen LogP contribution is -2.47. The van der Waals surface area contributed by atoms with Crippen LogP contribution in [0.25, 0.3) is 0 Å². The molecule has 0 unspecified atom stereocenters. The Bertz CT molecular complexity index is 655. The van der Waals surface area contributed by atoms with E-state index in [0.717, 1.165) is 31.5 Å². The lowest BCUT2D eigenvalue weighted by molar-refractivity contribution is -0.132. The molecule has 22 heavy (non-hydrogen) atoms. The molecular weight excluding hydrogens is 302 g/mol. The molecule has 2 aliphatic heterocycles. The van der Waals surface area contributed by atoms with E-state index < -0.39 is 15.6 Å². The first kappa shape index (κ1) is 14.6. The van der Waals surface area contributed by atoms with Gasteiger partial charge in [-0.25, -0.2) is 12.7 Å². The van der Waals surface area contributed by atoms with Gasteiger partial charge in [-0.05, 0) is 45.4 Å². The van der Waals surface area contributed by atoms with Crippen molar-refractivity contribution in [1.29, 1.82) is 0 Å². The molecule has 0 aromatic carbocycles. The Labute approximate surface area is 131 Å². The van der Waals surface area contributed by atoms with Gasteiger partial charge in [-0.1, -0.05) is 0 Å². The molecule has 2 aliphatic carbocycles. The number of nitrogens with zero attached hydrogens (tertiary/aromatic N) is 3. The van der Waals surface area contributed by atoms with Crippen molar-refractivity contribution in [2.24, 2.45) is 16.8 Å². The predicted molar refractivity (Wildman–Crippen MR) is 83.0 cm³/mol. The van der Waals surface area contributed by atoms with Gasteiger partial charge in [-0.3, -0.25) is 14.7 Å². The zero-order valence-corrected chi connectivity index (χ0v) is 14.0. The molecule has 2 heterocycles. The maximum Gasteiger partial charge on any atom is 0.256 e. The molecule has 0 N–H and O–H groups in total. The molecule has 4 rings (SSSR count). The maximum absolute atomic E-state index is 12.9. The maximum atomic E-state index is 12.9. The van der Waals surface area contributed by atoms with Gasteiger partial charge in [-0.2, -0.15) is 0 Å². The first-order valence-corrected chi connectivity index (χ1v) is 9.78. The van der Waals surface area contributed by atoms with E-state index in [9.17, 15) is 13.2 Å². The summed E-state index contributed by atoms with van der Waals surface area (Å²) in [5, 5.41) is -0.168. The third-order valence-corrected chi connectivity index (χ3v) is 8.24. The Morgan fingerprint density at radius 1 is 1.27 bits per heavy atom. The van der Waals surface area contributed by atoms with E-state index in [-0.39, 0.29) is 23.0 Å². The summed E-state index contributed by atoms with van der Waals surface area (Å²) in [5.41, 5.74) is -0.682. The van der Waals surface area contributed by atoms with Crippen LogP contribution in [0.2, 0.25) is 0 Å². The Morgan fingerprint density at radius 3 is 2.59 bits per heavy atom. The summed E-state index contributed by atoms with van der Waals surface area (Å²) < 4.78 is 26.6. The summed E-state index contributed by atoms with van der Waals surface area (Å²) >= 11 is 0. The summed E-state index contributed by atoms with van der Waals surface area (Å²) in [6, 6.07) is 0. The SMILES string of the molecule is CCN1C(=O)[C@]2(CC[C@@H]3CN(S(=O)(=O)C4CC4)C[C@@H]32)N=C1C. The lowest BCUT2D eigenvalue weighted by Gasteiger charge is -2.27. The van der Waals surface area contributed by atoms with Gasteiger partial charge in [0.15, 0.2) is 0 Å². The third-order valence-electron chi connectivity index (χ3n) is 5.91. The van der Waals surface area contributed by atoms with E-state index in [2.05, 4.69) is 0 Å². The largest absolute Gasteiger partial charge is 0.299 e. The molecule has 7 heteroatoms. The molecule has 1 amide bonds. The Morgan fingerprint density at radius 2 is 2.00 bits per heavy atom. The minimum absolute atomic E-state index is 0.0556. The van der Waals surface area contributed by atoms with Crippen molar-refractivity contribution in [2.45, 2.75) is 50.3 Å². The highest BCUT2D eigenvalue weighted by Crippen LogP contribution is 2.51. The van der Waals surface area contributed by atoms with Crippen LogP contribution in [0.15, 0.2) is 4.99 Å². The Kier molecular flexibility index (Phi) is 3.02. The van der Waals surface area contributed by atoms with Crippen molar-refractivity contribution in [3.8, 4) is 0 Å². The first-order chi connectivity index (χ1) is 10.4. The van der Waals surface area contributed by atoms with Crippen molar-refractivity contribution < 1.29 is 13.2 Å². The molecule has 6 nitrogen and oxygen atoms in total. The average molecular weight is 325 g/mol. The van der Waals surface area contributed by atoms with Gasteiger partial charge in [-0.15, -0.1) is 0 Å². The number of aliphatic imine (C=N–C) groups is 1.